The molecule has 0 atom stereocenters. The zero-order chi connectivity index (χ0) is 22.1. The number of benzene rings is 2. The fourth-order valence-electron chi connectivity index (χ4n) is 3.48. The number of amides is 2. The summed E-state index contributed by atoms with van der Waals surface area (Å²) in [7, 11) is 3.31. The van der Waals surface area contributed by atoms with Crippen LogP contribution in [0.3, 0.4) is 0 Å². The molecule has 0 radical (unpaired) electrons. The van der Waals surface area contributed by atoms with Crippen molar-refractivity contribution in [1.82, 2.24) is 14.7 Å². The lowest BCUT2D eigenvalue weighted by Gasteiger charge is -2.13. The molecule has 3 aromatic rings. The molecule has 0 saturated heterocycles. The molecule has 0 bridgehead atoms. The van der Waals surface area contributed by atoms with Crippen molar-refractivity contribution in [3.8, 4) is 5.69 Å². The van der Waals surface area contributed by atoms with Crippen LogP contribution in [0.15, 0.2) is 47.4 Å². The molecule has 1 aliphatic carbocycles. The third-order valence-electron chi connectivity index (χ3n) is 4.99. The Kier molecular flexibility index (Phi) is 5.77. The SMILES string of the molecule is CN(C)C(=O)Sc1ccccc1NC(=O)c1nn(-c2ccc(F)c(F)c2)c2c1CCC2. The van der Waals surface area contributed by atoms with Gasteiger partial charge in [-0.3, -0.25) is 9.59 Å². The lowest BCUT2D eigenvalue weighted by molar-refractivity contribution is 0.102. The summed E-state index contributed by atoms with van der Waals surface area (Å²) in [5.41, 5.74) is 2.74. The van der Waals surface area contributed by atoms with Crippen molar-refractivity contribution in [3.05, 3.63) is 71.1 Å². The second-order valence-corrected chi connectivity index (χ2v) is 8.34. The van der Waals surface area contributed by atoms with Gasteiger partial charge in [0, 0.05) is 36.3 Å². The van der Waals surface area contributed by atoms with E-state index in [4.69, 9.17) is 0 Å². The summed E-state index contributed by atoms with van der Waals surface area (Å²) in [5.74, 6) is -2.32. The molecule has 1 aromatic heterocycles. The summed E-state index contributed by atoms with van der Waals surface area (Å²) >= 11 is 1.02. The third-order valence-corrected chi connectivity index (χ3v) is 6.11. The Hall–Kier alpha value is -3.20. The lowest BCUT2D eigenvalue weighted by atomic mass is 10.2. The first-order chi connectivity index (χ1) is 14.8. The van der Waals surface area contributed by atoms with Crippen LogP contribution in [0, 0.1) is 11.6 Å². The number of aromatic nitrogens is 2. The second-order valence-electron chi connectivity index (χ2n) is 7.35. The van der Waals surface area contributed by atoms with E-state index in [1.807, 2.05) is 0 Å². The standard InChI is InChI=1S/C22H20F2N4O2S/c1-27(2)22(30)31-19-9-4-3-7-17(19)25-21(29)20-14-6-5-8-18(14)28(26-20)13-10-11-15(23)16(24)12-13/h3-4,7,9-12H,5-6,8H2,1-2H3,(H,25,29). The van der Waals surface area contributed by atoms with Gasteiger partial charge in [0.15, 0.2) is 17.3 Å². The topological polar surface area (TPSA) is 67.2 Å². The van der Waals surface area contributed by atoms with Gasteiger partial charge in [0.1, 0.15) is 0 Å². The van der Waals surface area contributed by atoms with Crippen molar-refractivity contribution in [1.29, 1.82) is 0 Å². The van der Waals surface area contributed by atoms with Crippen LogP contribution in [0.5, 0.6) is 0 Å². The highest BCUT2D eigenvalue weighted by atomic mass is 32.2. The van der Waals surface area contributed by atoms with E-state index < -0.39 is 17.5 Å². The van der Waals surface area contributed by atoms with Crippen molar-refractivity contribution in [2.45, 2.75) is 24.2 Å². The van der Waals surface area contributed by atoms with Crippen LogP contribution in [0.2, 0.25) is 0 Å². The van der Waals surface area contributed by atoms with E-state index in [0.29, 0.717) is 29.1 Å². The van der Waals surface area contributed by atoms with E-state index in [0.717, 1.165) is 41.6 Å². The number of rotatable bonds is 4. The van der Waals surface area contributed by atoms with Crippen LogP contribution in [0.25, 0.3) is 5.69 Å². The van der Waals surface area contributed by atoms with E-state index in [-0.39, 0.29) is 10.9 Å². The highest BCUT2D eigenvalue weighted by Gasteiger charge is 2.27. The Labute approximate surface area is 182 Å². The van der Waals surface area contributed by atoms with Gasteiger partial charge in [-0.25, -0.2) is 13.5 Å². The summed E-state index contributed by atoms with van der Waals surface area (Å²) in [6, 6.07) is 10.6. The van der Waals surface area contributed by atoms with Crippen molar-refractivity contribution >= 4 is 28.6 Å². The average Bonchev–Trinajstić information content (AvgIpc) is 3.34. The summed E-state index contributed by atoms with van der Waals surface area (Å²) < 4.78 is 28.6. The van der Waals surface area contributed by atoms with Crippen molar-refractivity contribution < 1.29 is 18.4 Å². The number of hydrogen-bond donors (Lipinski definition) is 1. The molecule has 31 heavy (non-hydrogen) atoms. The van der Waals surface area contributed by atoms with Gasteiger partial charge in [0.25, 0.3) is 11.1 Å². The molecule has 1 N–H and O–H groups in total. The number of para-hydroxylation sites is 1. The van der Waals surface area contributed by atoms with Crippen molar-refractivity contribution in [3.63, 3.8) is 0 Å². The number of halogens is 2. The minimum Gasteiger partial charge on any atom is -0.339 e. The van der Waals surface area contributed by atoms with Crippen molar-refractivity contribution in [2.24, 2.45) is 0 Å². The first-order valence-corrected chi connectivity index (χ1v) is 10.5. The van der Waals surface area contributed by atoms with Crippen LogP contribution < -0.4 is 5.32 Å². The molecule has 0 spiro atoms. The smallest absolute Gasteiger partial charge is 0.286 e. The molecule has 1 aliphatic rings. The summed E-state index contributed by atoms with van der Waals surface area (Å²) in [6.45, 7) is 0. The summed E-state index contributed by atoms with van der Waals surface area (Å²) in [5, 5.41) is 7.11. The van der Waals surface area contributed by atoms with Gasteiger partial charge >= 0.3 is 0 Å². The zero-order valence-electron chi connectivity index (χ0n) is 17.0. The van der Waals surface area contributed by atoms with Gasteiger partial charge in [0.05, 0.1) is 11.4 Å². The second kappa shape index (κ2) is 8.50. The highest BCUT2D eigenvalue weighted by molar-refractivity contribution is 8.13. The van der Waals surface area contributed by atoms with Crippen LogP contribution in [-0.4, -0.2) is 39.9 Å². The average molecular weight is 442 g/mol. The minimum absolute atomic E-state index is 0.162. The van der Waals surface area contributed by atoms with Gasteiger partial charge < -0.3 is 10.2 Å². The Morgan fingerprint density at radius 1 is 1.10 bits per heavy atom. The third kappa shape index (κ3) is 4.18. The summed E-state index contributed by atoms with van der Waals surface area (Å²) in [6.07, 6.45) is 2.22. The predicted octanol–water partition coefficient (Wildman–Crippen LogP) is 4.67. The minimum atomic E-state index is -0.970. The van der Waals surface area contributed by atoms with Gasteiger partial charge in [-0.15, -0.1) is 0 Å². The molecule has 6 nitrogen and oxygen atoms in total. The first-order valence-electron chi connectivity index (χ1n) is 9.71. The number of nitrogens with zero attached hydrogens (tertiary/aromatic N) is 3. The fraction of sp³-hybridized carbons (Fsp3) is 0.227. The normalized spacial score (nSPS) is 12.5. The predicted molar refractivity (Wildman–Crippen MR) is 115 cm³/mol. The molecular weight excluding hydrogens is 422 g/mol. The number of thioether (sulfide) groups is 1. The van der Waals surface area contributed by atoms with Crippen LogP contribution in [-0.2, 0) is 12.8 Å². The van der Waals surface area contributed by atoms with E-state index in [2.05, 4.69) is 10.4 Å². The Morgan fingerprint density at radius 2 is 1.87 bits per heavy atom. The van der Waals surface area contributed by atoms with Gasteiger partial charge in [0.2, 0.25) is 0 Å². The van der Waals surface area contributed by atoms with E-state index >= 15 is 0 Å². The molecule has 0 aliphatic heterocycles. The molecule has 0 fully saturated rings. The maximum atomic E-state index is 13.7. The maximum absolute atomic E-state index is 13.7. The molecule has 2 amide bonds. The molecule has 0 saturated carbocycles. The van der Waals surface area contributed by atoms with E-state index in [1.165, 1.54) is 15.6 Å². The Morgan fingerprint density at radius 3 is 2.61 bits per heavy atom. The Bertz CT molecular complexity index is 1180. The maximum Gasteiger partial charge on any atom is 0.286 e. The number of carbonyl (C=O) groups excluding carboxylic acids is 2. The van der Waals surface area contributed by atoms with Gasteiger partial charge in [-0.2, -0.15) is 5.10 Å². The van der Waals surface area contributed by atoms with Crippen LogP contribution in [0.1, 0.15) is 28.2 Å². The monoisotopic (exact) mass is 442 g/mol. The van der Waals surface area contributed by atoms with Crippen molar-refractivity contribution in [2.75, 3.05) is 19.4 Å². The number of hydrogen-bond acceptors (Lipinski definition) is 4. The molecule has 1 heterocycles. The van der Waals surface area contributed by atoms with Crippen LogP contribution in [0.4, 0.5) is 19.3 Å². The Balaban J connectivity index is 1.65. The molecule has 2 aromatic carbocycles. The number of fused-ring (bicyclic) bond motifs is 1. The quantitative estimate of drug-likeness (QED) is 0.597. The molecule has 0 unspecified atom stereocenters. The number of anilines is 1. The zero-order valence-corrected chi connectivity index (χ0v) is 17.8. The van der Waals surface area contributed by atoms with E-state index in [9.17, 15) is 18.4 Å². The molecule has 4 rings (SSSR count). The molecular formula is C22H20F2N4O2S. The molecule has 9 heteroatoms. The molecule has 160 valence electrons. The highest BCUT2D eigenvalue weighted by Crippen LogP contribution is 2.31. The van der Waals surface area contributed by atoms with Gasteiger partial charge in [-0.1, -0.05) is 12.1 Å². The largest absolute Gasteiger partial charge is 0.339 e. The number of carbonyl (C=O) groups is 2. The van der Waals surface area contributed by atoms with Crippen LogP contribution >= 0.6 is 11.8 Å². The number of nitrogens with one attached hydrogen (secondary N) is 1. The lowest BCUT2D eigenvalue weighted by Crippen LogP contribution is -2.18. The van der Waals surface area contributed by atoms with Gasteiger partial charge in [-0.05, 0) is 55.3 Å². The first kappa shape index (κ1) is 21.0. The van der Waals surface area contributed by atoms with E-state index in [1.54, 1.807) is 38.4 Å². The fourth-order valence-corrected chi connectivity index (χ4v) is 4.22. The summed E-state index contributed by atoms with van der Waals surface area (Å²) in [4.78, 5) is 27.2.